The number of nitrogens with zero attached hydrogens (tertiary/aromatic N) is 3. The van der Waals surface area contributed by atoms with Gasteiger partial charge < -0.3 is 0 Å². The maximum Gasteiger partial charge on any atom is 0.277 e. The molecule has 0 spiro atoms. The summed E-state index contributed by atoms with van der Waals surface area (Å²) in [5.74, 6) is 0.295. The standard InChI is InChI=1S/C17H22N4O2S/c1-17(2,3)10-5-6-11-13(9-10)24-16(18-11)19-15(23)12-7-8-14(22)21(4)20-12/h7-8,10H,5-6,9H2,1-4H3,(H,18,19,23). The van der Waals surface area contributed by atoms with Crippen LogP contribution in [0.1, 0.15) is 48.3 Å². The molecule has 2 aromatic heterocycles. The Labute approximate surface area is 144 Å². The van der Waals surface area contributed by atoms with Gasteiger partial charge in [0.15, 0.2) is 5.13 Å². The van der Waals surface area contributed by atoms with E-state index in [4.69, 9.17) is 0 Å². The highest BCUT2D eigenvalue weighted by atomic mass is 32.1. The molecule has 7 heteroatoms. The lowest BCUT2D eigenvalue weighted by Gasteiger charge is -2.33. The zero-order valence-corrected chi connectivity index (χ0v) is 15.2. The van der Waals surface area contributed by atoms with Crippen molar-refractivity contribution < 1.29 is 4.79 Å². The first-order chi connectivity index (χ1) is 11.2. The molecule has 2 aromatic rings. The second-order valence-electron chi connectivity index (χ2n) is 7.33. The van der Waals surface area contributed by atoms with Crippen molar-refractivity contribution in [1.82, 2.24) is 14.8 Å². The van der Waals surface area contributed by atoms with Crippen molar-refractivity contribution >= 4 is 22.4 Å². The van der Waals surface area contributed by atoms with Gasteiger partial charge in [-0.15, -0.1) is 11.3 Å². The molecule has 0 bridgehead atoms. The van der Waals surface area contributed by atoms with Crippen LogP contribution in [-0.4, -0.2) is 20.7 Å². The first-order valence-corrected chi connectivity index (χ1v) is 8.90. The molecule has 6 nitrogen and oxygen atoms in total. The van der Waals surface area contributed by atoms with E-state index in [9.17, 15) is 9.59 Å². The van der Waals surface area contributed by atoms with Crippen molar-refractivity contribution in [1.29, 1.82) is 0 Å². The Bertz CT molecular complexity index is 832. The van der Waals surface area contributed by atoms with Gasteiger partial charge in [-0.1, -0.05) is 20.8 Å². The zero-order valence-electron chi connectivity index (χ0n) is 14.4. The number of aryl methyl sites for hydroxylation is 2. The third kappa shape index (κ3) is 3.40. The van der Waals surface area contributed by atoms with Crippen molar-refractivity contribution in [2.24, 2.45) is 18.4 Å². The SMILES string of the molecule is Cn1nc(C(=O)Nc2nc3c(s2)CC(C(C)(C)C)CC3)ccc1=O. The summed E-state index contributed by atoms with van der Waals surface area (Å²) in [6.07, 6.45) is 3.11. The topological polar surface area (TPSA) is 76.9 Å². The molecule has 128 valence electrons. The Morgan fingerprint density at radius 1 is 1.38 bits per heavy atom. The summed E-state index contributed by atoms with van der Waals surface area (Å²) in [6.45, 7) is 6.83. The first kappa shape index (κ1) is 16.8. The van der Waals surface area contributed by atoms with Crippen LogP contribution in [0.2, 0.25) is 0 Å². The van der Waals surface area contributed by atoms with E-state index in [1.807, 2.05) is 0 Å². The maximum absolute atomic E-state index is 12.3. The van der Waals surface area contributed by atoms with Gasteiger partial charge in [0.05, 0.1) is 5.69 Å². The van der Waals surface area contributed by atoms with E-state index in [-0.39, 0.29) is 22.6 Å². The quantitative estimate of drug-likeness (QED) is 0.907. The van der Waals surface area contributed by atoms with Gasteiger partial charge in [-0.05, 0) is 36.7 Å². The van der Waals surface area contributed by atoms with Crippen molar-refractivity contribution in [2.75, 3.05) is 5.32 Å². The number of hydrogen-bond donors (Lipinski definition) is 1. The van der Waals surface area contributed by atoms with Crippen LogP contribution in [0.5, 0.6) is 0 Å². The van der Waals surface area contributed by atoms with Crippen molar-refractivity contribution in [3.05, 3.63) is 38.8 Å². The molecule has 24 heavy (non-hydrogen) atoms. The van der Waals surface area contributed by atoms with Crippen LogP contribution in [-0.2, 0) is 19.9 Å². The maximum atomic E-state index is 12.3. The second kappa shape index (κ2) is 6.12. The fourth-order valence-corrected chi connectivity index (χ4v) is 4.04. The molecule has 0 fully saturated rings. The predicted molar refractivity (Wildman–Crippen MR) is 94.5 cm³/mol. The molecule has 1 aliphatic rings. The molecular formula is C17H22N4O2S. The molecule has 1 N–H and O–H groups in total. The number of aromatic nitrogens is 3. The Morgan fingerprint density at radius 2 is 2.12 bits per heavy atom. The first-order valence-electron chi connectivity index (χ1n) is 8.08. The highest BCUT2D eigenvalue weighted by Crippen LogP contribution is 2.40. The number of carbonyl (C=O) groups excluding carboxylic acids is 1. The Balaban J connectivity index is 1.75. The number of thiazole rings is 1. The summed E-state index contributed by atoms with van der Waals surface area (Å²) in [4.78, 5) is 29.5. The van der Waals surface area contributed by atoms with Crippen molar-refractivity contribution in [3.63, 3.8) is 0 Å². The molecule has 0 saturated heterocycles. The van der Waals surface area contributed by atoms with Crippen LogP contribution in [0.3, 0.4) is 0 Å². The Morgan fingerprint density at radius 3 is 2.79 bits per heavy atom. The molecule has 1 unspecified atom stereocenters. The van der Waals surface area contributed by atoms with Gasteiger partial charge in [0.25, 0.3) is 11.5 Å². The van der Waals surface area contributed by atoms with Crippen molar-refractivity contribution in [3.8, 4) is 0 Å². The van der Waals surface area contributed by atoms with E-state index in [1.165, 1.54) is 24.1 Å². The molecule has 1 amide bonds. The van der Waals surface area contributed by atoms with Gasteiger partial charge in [-0.2, -0.15) is 5.10 Å². The average molecular weight is 346 g/mol. The lowest BCUT2D eigenvalue weighted by Crippen LogP contribution is -2.26. The van der Waals surface area contributed by atoms with Gasteiger partial charge in [0.1, 0.15) is 5.69 Å². The fourth-order valence-electron chi connectivity index (χ4n) is 2.95. The lowest BCUT2D eigenvalue weighted by molar-refractivity contribution is 0.102. The minimum absolute atomic E-state index is 0.206. The molecule has 0 aromatic carbocycles. The third-order valence-electron chi connectivity index (χ3n) is 4.58. The summed E-state index contributed by atoms with van der Waals surface area (Å²) in [5.41, 5.74) is 1.34. The van der Waals surface area contributed by atoms with Crippen LogP contribution < -0.4 is 10.9 Å². The van der Waals surface area contributed by atoms with Crippen LogP contribution in [0, 0.1) is 11.3 Å². The average Bonchev–Trinajstić information content (AvgIpc) is 2.90. The molecule has 0 saturated carbocycles. The zero-order chi connectivity index (χ0) is 17.5. The molecule has 2 heterocycles. The summed E-state index contributed by atoms with van der Waals surface area (Å²) in [7, 11) is 1.52. The number of amides is 1. The third-order valence-corrected chi connectivity index (χ3v) is 5.61. The van der Waals surface area contributed by atoms with E-state index >= 15 is 0 Å². The fraction of sp³-hybridized carbons (Fsp3) is 0.529. The minimum Gasteiger partial charge on any atom is -0.296 e. The number of nitrogens with one attached hydrogen (secondary N) is 1. The summed E-state index contributed by atoms with van der Waals surface area (Å²) in [6, 6.07) is 2.77. The second-order valence-corrected chi connectivity index (χ2v) is 8.41. The number of hydrogen-bond acceptors (Lipinski definition) is 5. The molecular weight excluding hydrogens is 324 g/mol. The van der Waals surface area contributed by atoms with Gasteiger partial charge in [-0.3, -0.25) is 14.9 Å². The van der Waals surface area contributed by atoms with Crippen LogP contribution >= 0.6 is 11.3 Å². The largest absolute Gasteiger partial charge is 0.296 e. The number of fused-ring (bicyclic) bond motifs is 1. The highest BCUT2D eigenvalue weighted by molar-refractivity contribution is 7.15. The Hall–Kier alpha value is -2.02. The normalized spacial score (nSPS) is 17.4. The van der Waals surface area contributed by atoms with Gasteiger partial charge in [0.2, 0.25) is 0 Å². The van der Waals surface area contributed by atoms with Gasteiger partial charge in [-0.25, -0.2) is 9.67 Å². The van der Waals surface area contributed by atoms with Gasteiger partial charge in [0, 0.05) is 18.0 Å². The lowest BCUT2D eigenvalue weighted by atomic mass is 9.73. The molecule has 0 radical (unpaired) electrons. The highest BCUT2D eigenvalue weighted by Gasteiger charge is 2.30. The number of carbonyl (C=O) groups is 1. The van der Waals surface area contributed by atoms with E-state index in [2.05, 4.69) is 36.2 Å². The summed E-state index contributed by atoms with van der Waals surface area (Å²) >= 11 is 1.55. The van der Waals surface area contributed by atoms with Crippen LogP contribution in [0.4, 0.5) is 5.13 Å². The predicted octanol–water partition coefficient (Wildman–Crippen LogP) is 2.64. The molecule has 1 aliphatic carbocycles. The van der Waals surface area contributed by atoms with Crippen molar-refractivity contribution in [2.45, 2.75) is 40.0 Å². The van der Waals surface area contributed by atoms with Gasteiger partial charge >= 0.3 is 0 Å². The Kier molecular flexibility index (Phi) is 4.29. The number of rotatable bonds is 2. The number of anilines is 1. The molecule has 0 aliphatic heterocycles. The van der Waals surface area contributed by atoms with E-state index in [0.717, 1.165) is 29.6 Å². The minimum atomic E-state index is -0.343. The smallest absolute Gasteiger partial charge is 0.277 e. The molecule has 3 rings (SSSR count). The monoisotopic (exact) mass is 346 g/mol. The van der Waals surface area contributed by atoms with E-state index in [0.29, 0.717) is 11.0 Å². The van der Waals surface area contributed by atoms with E-state index < -0.39 is 0 Å². The van der Waals surface area contributed by atoms with Crippen LogP contribution in [0.25, 0.3) is 0 Å². The summed E-state index contributed by atoms with van der Waals surface area (Å²) in [5, 5.41) is 7.38. The van der Waals surface area contributed by atoms with E-state index in [1.54, 1.807) is 11.3 Å². The van der Waals surface area contributed by atoms with Crippen LogP contribution in [0.15, 0.2) is 16.9 Å². The molecule has 1 atom stereocenters. The summed E-state index contributed by atoms with van der Waals surface area (Å²) < 4.78 is 1.15.